The number of rotatable bonds is 5. The molecule has 1 fully saturated rings. The van der Waals surface area contributed by atoms with Gasteiger partial charge in [-0.1, -0.05) is 43.3 Å². The summed E-state index contributed by atoms with van der Waals surface area (Å²) in [5.74, 6) is -1.51. The van der Waals surface area contributed by atoms with E-state index >= 15 is 0 Å². The second-order valence-electron chi connectivity index (χ2n) is 6.46. The van der Waals surface area contributed by atoms with Crippen LogP contribution in [-0.2, 0) is 15.1 Å². The summed E-state index contributed by atoms with van der Waals surface area (Å²) in [4.78, 5) is 38.5. The highest BCUT2D eigenvalue weighted by Crippen LogP contribution is 2.32. The third kappa shape index (κ3) is 3.40. The number of aryl methyl sites for hydroxylation is 1. The smallest absolute Gasteiger partial charge is 0.324 e. The van der Waals surface area contributed by atoms with Crippen LogP contribution in [-0.4, -0.2) is 29.3 Å². The summed E-state index contributed by atoms with van der Waals surface area (Å²) in [5, 5.41) is 5.23. The number of nitrogens with one attached hydrogen (secondary N) is 2. The Kier molecular flexibility index (Phi) is 4.94. The molecule has 1 unspecified atom stereocenters. The molecule has 4 amide bonds. The van der Waals surface area contributed by atoms with Crippen LogP contribution in [0.3, 0.4) is 0 Å². The van der Waals surface area contributed by atoms with Crippen molar-refractivity contribution in [3.8, 4) is 0 Å². The van der Waals surface area contributed by atoms with E-state index in [1.165, 1.54) is 12.1 Å². The van der Waals surface area contributed by atoms with Crippen molar-refractivity contribution in [2.75, 3.05) is 11.9 Å². The minimum atomic E-state index is -1.19. The average molecular weight is 369 g/mol. The first-order valence-electron chi connectivity index (χ1n) is 8.63. The monoisotopic (exact) mass is 369 g/mol. The van der Waals surface area contributed by atoms with Crippen molar-refractivity contribution in [2.45, 2.75) is 25.8 Å². The van der Waals surface area contributed by atoms with Crippen LogP contribution >= 0.6 is 0 Å². The first-order chi connectivity index (χ1) is 12.9. The third-order valence-corrected chi connectivity index (χ3v) is 4.73. The Hall–Kier alpha value is -3.22. The number of anilines is 1. The summed E-state index contributed by atoms with van der Waals surface area (Å²) >= 11 is 0. The van der Waals surface area contributed by atoms with Gasteiger partial charge in [-0.15, -0.1) is 0 Å². The van der Waals surface area contributed by atoms with Gasteiger partial charge in [0.15, 0.2) is 0 Å². The molecule has 27 heavy (non-hydrogen) atoms. The maximum atomic E-state index is 13.6. The first-order valence-corrected chi connectivity index (χ1v) is 8.63. The molecule has 0 aliphatic carbocycles. The highest BCUT2D eigenvalue weighted by molar-refractivity contribution is 6.10. The van der Waals surface area contributed by atoms with E-state index in [0.29, 0.717) is 17.5 Å². The Balaban J connectivity index is 1.77. The van der Waals surface area contributed by atoms with Crippen molar-refractivity contribution < 1.29 is 18.8 Å². The van der Waals surface area contributed by atoms with Gasteiger partial charge >= 0.3 is 6.03 Å². The molecule has 1 atom stereocenters. The van der Waals surface area contributed by atoms with Crippen molar-refractivity contribution in [1.82, 2.24) is 10.2 Å². The molecule has 2 aromatic carbocycles. The molecule has 1 aliphatic heterocycles. The molecular weight excluding hydrogens is 349 g/mol. The molecule has 1 aliphatic rings. The van der Waals surface area contributed by atoms with E-state index in [2.05, 4.69) is 10.6 Å². The summed E-state index contributed by atoms with van der Waals surface area (Å²) in [6.07, 6.45) is 0.350. The van der Waals surface area contributed by atoms with Crippen LogP contribution in [0.1, 0.15) is 24.5 Å². The molecule has 7 heteroatoms. The third-order valence-electron chi connectivity index (χ3n) is 4.73. The van der Waals surface area contributed by atoms with E-state index in [9.17, 15) is 18.8 Å². The van der Waals surface area contributed by atoms with Crippen molar-refractivity contribution in [2.24, 2.45) is 0 Å². The molecule has 2 aromatic rings. The summed E-state index contributed by atoms with van der Waals surface area (Å²) in [5.41, 5.74) is 0.196. The number of urea groups is 1. The SMILES string of the molecule is CCC1(c2ccccc2)NC(=O)N(CC(=O)Nc2ccc(C)c(F)c2)C1=O. The van der Waals surface area contributed by atoms with Gasteiger partial charge in [-0.3, -0.25) is 14.5 Å². The van der Waals surface area contributed by atoms with Gasteiger partial charge in [0, 0.05) is 5.69 Å². The molecule has 2 N–H and O–H groups in total. The van der Waals surface area contributed by atoms with Crippen LogP contribution < -0.4 is 10.6 Å². The average Bonchev–Trinajstić information content (AvgIpc) is 2.90. The Bertz CT molecular complexity index is 901. The molecule has 0 spiro atoms. The number of halogens is 1. The molecule has 140 valence electrons. The molecule has 0 saturated carbocycles. The van der Waals surface area contributed by atoms with Crippen LogP contribution in [0.15, 0.2) is 48.5 Å². The standard InChI is InChI=1S/C20H20FN3O3/c1-3-20(14-7-5-4-6-8-14)18(26)24(19(27)23-20)12-17(25)22-15-10-9-13(2)16(21)11-15/h4-11H,3,12H2,1-2H3,(H,22,25)(H,23,27). The van der Waals surface area contributed by atoms with Gasteiger partial charge in [0.1, 0.15) is 17.9 Å². The number of carbonyl (C=O) groups is 3. The minimum Gasteiger partial charge on any atom is -0.324 e. The molecular formula is C20H20FN3O3. The van der Waals surface area contributed by atoms with E-state index in [0.717, 1.165) is 4.90 Å². The molecule has 0 bridgehead atoms. The lowest BCUT2D eigenvalue weighted by Gasteiger charge is -2.25. The van der Waals surface area contributed by atoms with E-state index in [4.69, 9.17) is 0 Å². The molecule has 0 radical (unpaired) electrons. The van der Waals surface area contributed by atoms with E-state index in [1.807, 2.05) is 6.07 Å². The lowest BCUT2D eigenvalue weighted by Crippen LogP contribution is -2.44. The highest BCUT2D eigenvalue weighted by atomic mass is 19.1. The van der Waals surface area contributed by atoms with Crippen molar-refractivity contribution >= 4 is 23.5 Å². The summed E-state index contributed by atoms with van der Waals surface area (Å²) in [6.45, 7) is 2.96. The Morgan fingerprint density at radius 3 is 2.52 bits per heavy atom. The van der Waals surface area contributed by atoms with Crippen molar-refractivity contribution in [3.63, 3.8) is 0 Å². The number of carbonyl (C=O) groups excluding carboxylic acids is 3. The Morgan fingerprint density at radius 2 is 1.89 bits per heavy atom. The van der Waals surface area contributed by atoms with Crippen LogP contribution in [0, 0.1) is 12.7 Å². The zero-order valence-electron chi connectivity index (χ0n) is 15.1. The zero-order chi connectivity index (χ0) is 19.6. The largest absolute Gasteiger partial charge is 0.325 e. The van der Waals surface area contributed by atoms with E-state index in [1.54, 1.807) is 44.2 Å². The fourth-order valence-corrected chi connectivity index (χ4v) is 3.15. The highest BCUT2D eigenvalue weighted by Gasteiger charge is 2.51. The molecule has 3 rings (SSSR count). The predicted octanol–water partition coefficient (Wildman–Crippen LogP) is 2.93. The van der Waals surface area contributed by atoms with Gasteiger partial charge in [-0.2, -0.15) is 0 Å². The Labute approximate surface area is 156 Å². The van der Waals surface area contributed by atoms with Crippen LogP contribution in [0.2, 0.25) is 0 Å². The number of amides is 4. The zero-order valence-corrected chi connectivity index (χ0v) is 15.1. The normalized spacial score (nSPS) is 19.1. The van der Waals surface area contributed by atoms with Crippen LogP contribution in [0.4, 0.5) is 14.9 Å². The number of hydrogen-bond acceptors (Lipinski definition) is 3. The predicted molar refractivity (Wildman–Crippen MR) is 98.4 cm³/mol. The fourth-order valence-electron chi connectivity index (χ4n) is 3.15. The second-order valence-corrected chi connectivity index (χ2v) is 6.46. The lowest BCUT2D eigenvalue weighted by molar-refractivity contribution is -0.134. The summed E-state index contributed by atoms with van der Waals surface area (Å²) < 4.78 is 13.6. The number of benzene rings is 2. The second kappa shape index (κ2) is 7.19. The van der Waals surface area contributed by atoms with Gasteiger partial charge < -0.3 is 10.6 Å². The molecule has 6 nitrogen and oxygen atoms in total. The Morgan fingerprint density at radius 1 is 1.19 bits per heavy atom. The van der Waals surface area contributed by atoms with Crippen LogP contribution in [0.5, 0.6) is 0 Å². The number of nitrogens with zero attached hydrogens (tertiary/aromatic N) is 1. The molecule has 0 aromatic heterocycles. The van der Waals surface area contributed by atoms with Crippen LogP contribution in [0.25, 0.3) is 0 Å². The minimum absolute atomic E-state index is 0.264. The first kappa shape index (κ1) is 18.6. The van der Waals surface area contributed by atoms with E-state index in [-0.39, 0.29) is 5.69 Å². The van der Waals surface area contributed by atoms with Gasteiger partial charge in [0.2, 0.25) is 5.91 Å². The van der Waals surface area contributed by atoms with Gasteiger partial charge in [0.05, 0.1) is 0 Å². The maximum absolute atomic E-state index is 13.6. The summed E-state index contributed by atoms with van der Waals surface area (Å²) in [7, 11) is 0. The molecule has 1 saturated heterocycles. The van der Waals surface area contributed by atoms with E-state index < -0.39 is 35.7 Å². The van der Waals surface area contributed by atoms with Gasteiger partial charge in [-0.25, -0.2) is 9.18 Å². The van der Waals surface area contributed by atoms with Gasteiger partial charge in [0.25, 0.3) is 5.91 Å². The number of hydrogen-bond donors (Lipinski definition) is 2. The topological polar surface area (TPSA) is 78.5 Å². The maximum Gasteiger partial charge on any atom is 0.325 e. The van der Waals surface area contributed by atoms with Gasteiger partial charge in [-0.05, 0) is 36.6 Å². The number of imide groups is 1. The van der Waals surface area contributed by atoms with Crippen molar-refractivity contribution in [3.05, 3.63) is 65.5 Å². The van der Waals surface area contributed by atoms with Crippen molar-refractivity contribution in [1.29, 1.82) is 0 Å². The fraction of sp³-hybridized carbons (Fsp3) is 0.250. The lowest BCUT2D eigenvalue weighted by atomic mass is 9.87. The summed E-state index contributed by atoms with van der Waals surface area (Å²) in [6, 6.07) is 12.6. The quantitative estimate of drug-likeness (QED) is 0.796. The molecule has 1 heterocycles.